The van der Waals surface area contributed by atoms with E-state index in [0.29, 0.717) is 24.8 Å². The summed E-state index contributed by atoms with van der Waals surface area (Å²) >= 11 is 1.68. The Morgan fingerprint density at radius 1 is 1.12 bits per heavy atom. The monoisotopic (exact) mass is 372 g/mol. The summed E-state index contributed by atoms with van der Waals surface area (Å²) in [4.78, 5) is 1.11. The van der Waals surface area contributed by atoms with Gasteiger partial charge in [0.05, 0.1) is 24.9 Å². The first-order chi connectivity index (χ1) is 12.6. The van der Waals surface area contributed by atoms with Crippen molar-refractivity contribution in [1.29, 1.82) is 0 Å². The van der Waals surface area contributed by atoms with Crippen molar-refractivity contribution in [2.24, 2.45) is 0 Å². The second kappa shape index (κ2) is 7.45. The summed E-state index contributed by atoms with van der Waals surface area (Å²) in [7, 11) is 0. The number of ether oxygens (including phenoxy) is 1. The summed E-state index contributed by atoms with van der Waals surface area (Å²) in [6, 6.07) is 15.3. The molecule has 0 bridgehead atoms. The van der Waals surface area contributed by atoms with Crippen LogP contribution in [0.3, 0.4) is 0 Å². The van der Waals surface area contributed by atoms with E-state index in [9.17, 15) is 14.6 Å². The molecule has 1 saturated heterocycles. The first kappa shape index (κ1) is 17.6. The first-order valence-electron chi connectivity index (χ1n) is 8.82. The van der Waals surface area contributed by atoms with Gasteiger partial charge in [0.25, 0.3) is 0 Å². The molecule has 2 aromatic carbocycles. The zero-order chi connectivity index (χ0) is 18.1. The van der Waals surface area contributed by atoms with E-state index in [-0.39, 0.29) is 24.6 Å². The molecule has 3 unspecified atom stereocenters. The van der Waals surface area contributed by atoms with Crippen LogP contribution >= 0.6 is 11.3 Å². The van der Waals surface area contributed by atoms with Crippen LogP contribution in [0, 0.1) is 5.82 Å². The molecular weight excluding hydrogens is 351 g/mol. The maximum absolute atomic E-state index is 14.4. The SMILES string of the molecule is OCC1CC(O)CC(c2ccc(F)c(Cc3cc4ccccc4s3)c2)O1. The van der Waals surface area contributed by atoms with E-state index < -0.39 is 6.10 Å². The smallest absolute Gasteiger partial charge is 0.126 e. The van der Waals surface area contributed by atoms with Crippen molar-refractivity contribution < 1.29 is 19.3 Å². The summed E-state index contributed by atoms with van der Waals surface area (Å²) in [5, 5.41) is 20.5. The predicted octanol–water partition coefficient (Wildman–Crippen LogP) is 4.20. The van der Waals surface area contributed by atoms with Crippen molar-refractivity contribution in [1.82, 2.24) is 0 Å². The van der Waals surface area contributed by atoms with Crippen LogP contribution in [0.4, 0.5) is 4.39 Å². The highest BCUT2D eigenvalue weighted by molar-refractivity contribution is 7.19. The Morgan fingerprint density at radius 3 is 2.77 bits per heavy atom. The van der Waals surface area contributed by atoms with Gasteiger partial charge < -0.3 is 14.9 Å². The maximum atomic E-state index is 14.4. The van der Waals surface area contributed by atoms with Crippen molar-refractivity contribution in [3.05, 3.63) is 70.4 Å². The number of rotatable bonds is 4. The van der Waals surface area contributed by atoms with Gasteiger partial charge in [-0.05, 0) is 40.8 Å². The third kappa shape index (κ3) is 3.67. The van der Waals surface area contributed by atoms with Crippen LogP contribution in [0.2, 0.25) is 0 Å². The van der Waals surface area contributed by atoms with Crippen LogP contribution < -0.4 is 0 Å². The van der Waals surface area contributed by atoms with Crippen LogP contribution in [0.25, 0.3) is 10.1 Å². The Labute approximate surface area is 155 Å². The molecule has 3 atom stereocenters. The summed E-state index contributed by atoms with van der Waals surface area (Å²) in [5.41, 5.74) is 1.47. The lowest BCUT2D eigenvalue weighted by Crippen LogP contribution is -2.33. The van der Waals surface area contributed by atoms with Crippen LogP contribution in [0.5, 0.6) is 0 Å². The lowest BCUT2D eigenvalue weighted by molar-refractivity contribution is -0.113. The molecule has 3 nitrogen and oxygen atoms in total. The van der Waals surface area contributed by atoms with Gasteiger partial charge in [-0.25, -0.2) is 4.39 Å². The number of hydrogen-bond acceptors (Lipinski definition) is 4. The number of thiophene rings is 1. The minimum absolute atomic E-state index is 0.122. The molecule has 1 aromatic heterocycles. The van der Waals surface area contributed by atoms with E-state index >= 15 is 0 Å². The normalized spacial score (nSPS) is 23.4. The fourth-order valence-corrected chi connectivity index (χ4v) is 4.65. The largest absolute Gasteiger partial charge is 0.394 e. The lowest BCUT2D eigenvalue weighted by atomic mass is 9.94. The van der Waals surface area contributed by atoms with Crippen molar-refractivity contribution in [2.75, 3.05) is 6.61 Å². The van der Waals surface area contributed by atoms with Gasteiger partial charge in [0, 0.05) is 28.8 Å². The highest BCUT2D eigenvalue weighted by Gasteiger charge is 2.29. The molecule has 0 amide bonds. The molecule has 0 aliphatic carbocycles. The van der Waals surface area contributed by atoms with E-state index in [1.165, 1.54) is 16.2 Å². The molecule has 5 heteroatoms. The van der Waals surface area contributed by atoms with E-state index in [4.69, 9.17) is 4.74 Å². The number of fused-ring (bicyclic) bond motifs is 1. The second-order valence-corrected chi connectivity index (χ2v) is 8.00. The zero-order valence-corrected chi connectivity index (χ0v) is 15.1. The lowest BCUT2D eigenvalue weighted by Gasteiger charge is -2.32. The molecule has 1 aliphatic rings. The number of hydrogen-bond donors (Lipinski definition) is 2. The van der Waals surface area contributed by atoms with Crippen LogP contribution in [0.15, 0.2) is 48.5 Å². The summed E-state index contributed by atoms with van der Waals surface area (Å²) < 4.78 is 21.4. The van der Waals surface area contributed by atoms with Crippen molar-refractivity contribution in [2.45, 2.75) is 37.6 Å². The van der Waals surface area contributed by atoms with Gasteiger partial charge in [-0.2, -0.15) is 0 Å². The summed E-state index contributed by atoms with van der Waals surface area (Å²) in [5.74, 6) is -0.235. The molecule has 2 N–H and O–H groups in total. The van der Waals surface area contributed by atoms with Gasteiger partial charge >= 0.3 is 0 Å². The Balaban J connectivity index is 1.59. The standard InChI is InChI=1S/C21H21FO3S/c22-19-6-5-13(20-11-16(24)10-17(12-23)25-20)7-15(19)9-18-8-14-3-1-2-4-21(14)26-18/h1-8,16-17,20,23-24H,9-12H2. The van der Waals surface area contributed by atoms with E-state index in [1.54, 1.807) is 17.4 Å². The molecule has 2 heterocycles. The Hall–Kier alpha value is -1.79. The van der Waals surface area contributed by atoms with Crippen LogP contribution in [0.1, 0.15) is 34.9 Å². The van der Waals surface area contributed by atoms with E-state index in [1.807, 2.05) is 18.2 Å². The zero-order valence-electron chi connectivity index (χ0n) is 14.3. The fourth-order valence-electron chi connectivity index (χ4n) is 3.56. The molecular formula is C21H21FO3S. The first-order valence-corrected chi connectivity index (χ1v) is 9.64. The Bertz CT molecular complexity index is 874. The van der Waals surface area contributed by atoms with Crippen LogP contribution in [-0.2, 0) is 11.2 Å². The maximum Gasteiger partial charge on any atom is 0.126 e. The van der Waals surface area contributed by atoms with Gasteiger partial charge in [-0.15, -0.1) is 11.3 Å². The molecule has 4 rings (SSSR count). The highest BCUT2D eigenvalue weighted by Crippen LogP contribution is 2.33. The number of aliphatic hydroxyl groups excluding tert-OH is 2. The van der Waals surface area contributed by atoms with Crippen molar-refractivity contribution >= 4 is 21.4 Å². The Morgan fingerprint density at radius 2 is 1.96 bits per heavy atom. The molecule has 136 valence electrons. The van der Waals surface area contributed by atoms with Crippen molar-refractivity contribution in [3.8, 4) is 0 Å². The number of halogens is 1. The van der Waals surface area contributed by atoms with E-state index in [2.05, 4.69) is 18.2 Å². The highest BCUT2D eigenvalue weighted by atomic mass is 32.1. The minimum atomic E-state index is -0.512. The molecule has 1 fully saturated rings. The molecule has 0 radical (unpaired) electrons. The Kier molecular flexibility index (Phi) is 5.05. The number of benzene rings is 2. The van der Waals surface area contributed by atoms with E-state index in [0.717, 1.165) is 10.4 Å². The fraction of sp³-hybridized carbons (Fsp3) is 0.333. The quantitative estimate of drug-likeness (QED) is 0.721. The number of aliphatic hydroxyl groups is 2. The summed E-state index contributed by atoms with van der Waals surface area (Å²) in [6.07, 6.45) is 0.213. The predicted molar refractivity (Wildman–Crippen MR) is 101 cm³/mol. The average molecular weight is 372 g/mol. The topological polar surface area (TPSA) is 49.7 Å². The third-order valence-corrected chi connectivity index (χ3v) is 5.98. The molecule has 3 aromatic rings. The van der Waals surface area contributed by atoms with Crippen molar-refractivity contribution in [3.63, 3.8) is 0 Å². The summed E-state index contributed by atoms with van der Waals surface area (Å²) in [6.45, 7) is -0.122. The molecule has 0 saturated carbocycles. The molecule has 26 heavy (non-hydrogen) atoms. The van der Waals surface area contributed by atoms with Gasteiger partial charge in [-0.1, -0.05) is 24.3 Å². The second-order valence-electron chi connectivity index (χ2n) is 6.83. The van der Waals surface area contributed by atoms with Gasteiger partial charge in [0.2, 0.25) is 0 Å². The molecule has 1 aliphatic heterocycles. The third-order valence-electron chi connectivity index (χ3n) is 4.86. The molecule has 0 spiro atoms. The van der Waals surface area contributed by atoms with Gasteiger partial charge in [0.15, 0.2) is 0 Å². The van der Waals surface area contributed by atoms with Gasteiger partial charge in [0.1, 0.15) is 5.82 Å². The average Bonchev–Trinajstić information content (AvgIpc) is 3.05. The minimum Gasteiger partial charge on any atom is -0.394 e. The van der Waals surface area contributed by atoms with Gasteiger partial charge in [-0.3, -0.25) is 0 Å². The van der Waals surface area contributed by atoms with Crippen LogP contribution in [-0.4, -0.2) is 29.0 Å².